The molecule has 0 saturated carbocycles. The molecule has 2 aromatic heterocycles. The molecule has 1 amide bonds. The molecular weight excluding hydrogens is 326 g/mol. The largest absolute Gasteiger partial charge is 0.497 e. The van der Waals surface area contributed by atoms with Crippen molar-refractivity contribution in [3.8, 4) is 11.4 Å². The predicted octanol–water partition coefficient (Wildman–Crippen LogP) is 2.07. The van der Waals surface area contributed by atoms with E-state index in [0.29, 0.717) is 6.54 Å². The lowest BCUT2D eigenvalue weighted by Crippen LogP contribution is -2.17. The highest BCUT2D eigenvalue weighted by Crippen LogP contribution is 2.21. The van der Waals surface area contributed by atoms with Gasteiger partial charge in [-0.25, -0.2) is 9.67 Å². The first-order valence-electron chi connectivity index (χ1n) is 7.21. The van der Waals surface area contributed by atoms with Crippen molar-refractivity contribution in [2.24, 2.45) is 5.73 Å². The summed E-state index contributed by atoms with van der Waals surface area (Å²) in [6.45, 7) is 0.621. The van der Waals surface area contributed by atoms with Crippen molar-refractivity contribution >= 4 is 22.4 Å². The van der Waals surface area contributed by atoms with Crippen molar-refractivity contribution in [1.29, 1.82) is 0 Å². The summed E-state index contributed by atoms with van der Waals surface area (Å²) >= 11 is 1.38. The summed E-state index contributed by atoms with van der Waals surface area (Å²) in [6.07, 6.45) is 3.76. The molecule has 0 fully saturated rings. The molecule has 2 heterocycles. The molecule has 0 aliphatic rings. The van der Waals surface area contributed by atoms with Gasteiger partial charge in [-0.2, -0.15) is 5.10 Å². The van der Waals surface area contributed by atoms with Crippen molar-refractivity contribution in [2.45, 2.75) is 6.54 Å². The zero-order valence-corrected chi connectivity index (χ0v) is 14.2. The average Bonchev–Trinajstić information content (AvgIpc) is 3.24. The molecule has 0 unspecified atom stereocenters. The van der Waals surface area contributed by atoms with Gasteiger partial charge in [0.2, 0.25) is 0 Å². The monoisotopic (exact) mass is 343 g/mol. The van der Waals surface area contributed by atoms with Crippen molar-refractivity contribution in [1.82, 2.24) is 14.8 Å². The molecule has 3 rings (SSSR count). The first-order valence-corrected chi connectivity index (χ1v) is 8.09. The highest BCUT2D eigenvalue weighted by molar-refractivity contribution is 7.13. The maximum Gasteiger partial charge on any atom is 0.268 e. The van der Waals surface area contributed by atoms with Gasteiger partial charge < -0.3 is 15.4 Å². The molecule has 7 nitrogen and oxygen atoms in total. The van der Waals surface area contributed by atoms with E-state index >= 15 is 0 Å². The second-order valence-electron chi connectivity index (χ2n) is 5.23. The topological polar surface area (TPSA) is 86.3 Å². The number of benzene rings is 1. The number of aromatic nitrogens is 3. The lowest BCUT2D eigenvalue weighted by molar-refractivity contribution is 0.0996. The standard InChI is InChI=1S/C16H17N5O2S/c1-20(16-19-14(10-24-16)15(17)22)8-11-7-18-21(9-11)12-4-3-5-13(6-12)23-2/h3-7,9-10H,8H2,1-2H3,(H2,17,22). The van der Waals surface area contributed by atoms with Crippen LogP contribution < -0.4 is 15.4 Å². The first-order chi connectivity index (χ1) is 11.6. The van der Waals surface area contributed by atoms with Gasteiger partial charge in [-0.1, -0.05) is 6.07 Å². The van der Waals surface area contributed by atoms with Crippen LogP contribution in [-0.2, 0) is 6.54 Å². The lowest BCUT2D eigenvalue weighted by Gasteiger charge is -2.13. The summed E-state index contributed by atoms with van der Waals surface area (Å²) < 4.78 is 7.03. The van der Waals surface area contributed by atoms with E-state index in [9.17, 15) is 4.79 Å². The van der Waals surface area contributed by atoms with Gasteiger partial charge in [0.1, 0.15) is 11.4 Å². The number of hydrogen-bond donors (Lipinski definition) is 1. The molecule has 8 heteroatoms. The van der Waals surface area contributed by atoms with Gasteiger partial charge in [0, 0.05) is 36.8 Å². The molecule has 0 aliphatic heterocycles. The Morgan fingerprint density at radius 1 is 1.46 bits per heavy atom. The molecule has 1 aromatic carbocycles. The maximum absolute atomic E-state index is 11.1. The van der Waals surface area contributed by atoms with E-state index in [1.54, 1.807) is 23.4 Å². The Labute approximate surface area is 143 Å². The van der Waals surface area contributed by atoms with Gasteiger partial charge in [0.05, 0.1) is 19.0 Å². The number of nitrogens with two attached hydrogens (primary N) is 1. The van der Waals surface area contributed by atoms with Crippen molar-refractivity contribution < 1.29 is 9.53 Å². The molecule has 0 saturated heterocycles. The quantitative estimate of drug-likeness (QED) is 0.740. The summed E-state index contributed by atoms with van der Waals surface area (Å²) in [5.74, 6) is 0.264. The molecule has 0 radical (unpaired) electrons. The number of primary amides is 1. The van der Waals surface area contributed by atoms with E-state index in [1.807, 2.05) is 42.4 Å². The molecule has 3 aromatic rings. The van der Waals surface area contributed by atoms with Gasteiger partial charge in [-0.3, -0.25) is 4.79 Å². The Kier molecular flexibility index (Phi) is 4.48. The number of thiazole rings is 1. The highest BCUT2D eigenvalue weighted by atomic mass is 32.1. The summed E-state index contributed by atoms with van der Waals surface area (Å²) in [6, 6.07) is 7.69. The van der Waals surface area contributed by atoms with E-state index in [0.717, 1.165) is 22.1 Å². The number of carbonyl (C=O) groups excluding carboxylic acids is 1. The average molecular weight is 343 g/mol. The maximum atomic E-state index is 11.1. The fourth-order valence-corrected chi connectivity index (χ4v) is 3.01. The van der Waals surface area contributed by atoms with Gasteiger partial charge in [-0.05, 0) is 12.1 Å². The van der Waals surface area contributed by atoms with Gasteiger partial charge in [-0.15, -0.1) is 11.3 Å². The van der Waals surface area contributed by atoms with Crippen LogP contribution in [-0.4, -0.2) is 34.8 Å². The molecule has 0 aliphatic carbocycles. The Morgan fingerprint density at radius 2 is 2.29 bits per heavy atom. The lowest BCUT2D eigenvalue weighted by atomic mass is 10.3. The number of amides is 1. The number of rotatable bonds is 6. The predicted molar refractivity (Wildman–Crippen MR) is 92.9 cm³/mol. The second kappa shape index (κ2) is 6.71. The van der Waals surface area contributed by atoms with Crippen LogP contribution in [0.5, 0.6) is 5.75 Å². The number of anilines is 1. The van der Waals surface area contributed by atoms with Crippen LogP contribution in [0, 0.1) is 0 Å². The number of ether oxygens (including phenoxy) is 1. The van der Waals surface area contributed by atoms with E-state index in [1.165, 1.54) is 11.3 Å². The molecule has 0 bridgehead atoms. The molecule has 24 heavy (non-hydrogen) atoms. The number of nitrogens with zero attached hydrogens (tertiary/aromatic N) is 4. The normalized spacial score (nSPS) is 10.6. The minimum Gasteiger partial charge on any atom is -0.497 e. The first kappa shape index (κ1) is 16.0. The Bertz CT molecular complexity index is 858. The zero-order valence-electron chi connectivity index (χ0n) is 13.3. The molecular formula is C16H17N5O2S. The van der Waals surface area contributed by atoms with Crippen LogP contribution in [0.4, 0.5) is 5.13 Å². The Hall–Kier alpha value is -2.87. The van der Waals surface area contributed by atoms with Gasteiger partial charge in [0.25, 0.3) is 5.91 Å². The number of methoxy groups -OCH3 is 1. The summed E-state index contributed by atoms with van der Waals surface area (Å²) in [4.78, 5) is 17.3. The summed E-state index contributed by atoms with van der Waals surface area (Å²) in [5, 5.41) is 6.78. The third-order valence-electron chi connectivity index (χ3n) is 3.44. The minimum atomic E-state index is -0.517. The minimum absolute atomic E-state index is 0.286. The summed E-state index contributed by atoms with van der Waals surface area (Å²) in [7, 11) is 3.55. The third kappa shape index (κ3) is 3.38. The third-order valence-corrected chi connectivity index (χ3v) is 4.40. The number of hydrogen-bond acceptors (Lipinski definition) is 6. The van der Waals surface area contributed by atoms with E-state index in [4.69, 9.17) is 10.5 Å². The zero-order chi connectivity index (χ0) is 17.1. The fraction of sp³-hybridized carbons (Fsp3) is 0.188. The van der Waals surface area contributed by atoms with Crippen LogP contribution >= 0.6 is 11.3 Å². The Morgan fingerprint density at radius 3 is 3.00 bits per heavy atom. The van der Waals surface area contributed by atoms with Crippen molar-refractivity contribution in [3.63, 3.8) is 0 Å². The van der Waals surface area contributed by atoms with Gasteiger partial charge in [0.15, 0.2) is 5.13 Å². The Balaban J connectivity index is 1.74. The smallest absolute Gasteiger partial charge is 0.268 e. The number of carbonyl (C=O) groups is 1. The highest BCUT2D eigenvalue weighted by Gasteiger charge is 2.12. The van der Waals surface area contributed by atoms with Crippen LogP contribution in [0.1, 0.15) is 16.1 Å². The fourth-order valence-electron chi connectivity index (χ4n) is 2.23. The molecule has 2 N–H and O–H groups in total. The van der Waals surface area contributed by atoms with E-state index in [2.05, 4.69) is 10.1 Å². The molecule has 0 spiro atoms. The molecule has 124 valence electrons. The van der Waals surface area contributed by atoms with Crippen molar-refractivity contribution in [3.05, 3.63) is 53.3 Å². The van der Waals surface area contributed by atoms with Gasteiger partial charge >= 0.3 is 0 Å². The van der Waals surface area contributed by atoms with Crippen LogP contribution in [0.15, 0.2) is 42.0 Å². The summed E-state index contributed by atoms with van der Waals surface area (Å²) in [5.41, 5.74) is 7.47. The van der Waals surface area contributed by atoms with Crippen LogP contribution in [0.25, 0.3) is 5.69 Å². The van der Waals surface area contributed by atoms with E-state index < -0.39 is 5.91 Å². The SMILES string of the molecule is COc1cccc(-n2cc(CN(C)c3nc(C(N)=O)cs3)cn2)c1. The second-order valence-corrected chi connectivity index (χ2v) is 6.07. The molecule has 0 atom stereocenters. The van der Waals surface area contributed by atoms with E-state index in [-0.39, 0.29) is 5.69 Å². The van der Waals surface area contributed by atoms with Crippen LogP contribution in [0.3, 0.4) is 0 Å². The van der Waals surface area contributed by atoms with Crippen molar-refractivity contribution in [2.75, 3.05) is 19.1 Å². The van der Waals surface area contributed by atoms with Crippen LogP contribution in [0.2, 0.25) is 0 Å².